The molecule has 8 nitrogen and oxygen atoms in total. The van der Waals surface area contributed by atoms with Gasteiger partial charge in [-0.15, -0.1) is 0 Å². The van der Waals surface area contributed by atoms with Gasteiger partial charge in [-0.2, -0.15) is 15.0 Å². The van der Waals surface area contributed by atoms with Crippen LogP contribution in [0.4, 0.5) is 46.3 Å². The quantitative estimate of drug-likeness (QED) is 0.0650. The molecule has 1 aromatic heterocycles. The monoisotopic (exact) mass is 552 g/mol. The summed E-state index contributed by atoms with van der Waals surface area (Å²) in [5.74, 6) is 1.24. The van der Waals surface area contributed by atoms with Crippen LogP contribution in [0.3, 0.4) is 0 Å². The molecule has 8 heteroatoms. The molecule has 216 valence electrons. The van der Waals surface area contributed by atoms with Gasteiger partial charge in [-0.05, 0) is 79.1 Å². The van der Waals surface area contributed by atoms with Crippen LogP contribution in [-0.2, 0) is 6.42 Å². The average molecular weight is 553 g/mol. The van der Waals surface area contributed by atoms with E-state index in [0.29, 0.717) is 29.2 Å². The van der Waals surface area contributed by atoms with Gasteiger partial charge < -0.3 is 27.4 Å². The number of hydrogen-bond donors (Lipinski definition) is 5. The van der Waals surface area contributed by atoms with Gasteiger partial charge in [-0.1, -0.05) is 76.8 Å². The lowest BCUT2D eigenvalue weighted by Gasteiger charge is -2.12. The number of unbranched alkanes of at least 4 members (excludes halogenated alkanes) is 9. The number of benzene rings is 3. The standard InChI is InChI=1S/C33H44N8/c1-2-3-4-5-6-7-8-9-10-11-12-25-13-19-28(20-14-25)36-31-39-32(37-29-21-15-26(34)16-22-29)41-33(40-31)38-30-23-17-27(35)18-24-30/h13-24H,2-12,34-35H2,1H3,(H3,36,37,38,39,40,41). The molecule has 0 unspecified atom stereocenters. The summed E-state index contributed by atoms with van der Waals surface area (Å²) in [4.78, 5) is 13.7. The van der Waals surface area contributed by atoms with Crippen molar-refractivity contribution in [2.24, 2.45) is 0 Å². The number of nitrogens with zero attached hydrogens (tertiary/aromatic N) is 3. The van der Waals surface area contributed by atoms with E-state index in [4.69, 9.17) is 11.5 Å². The van der Waals surface area contributed by atoms with Crippen LogP contribution in [0, 0.1) is 0 Å². The summed E-state index contributed by atoms with van der Waals surface area (Å²) in [6.07, 6.45) is 14.6. The molecule has 4 aromatic rings. The van der Waals surface area contributed by atoms with Crippen molar-refractivity contribution in [2.45, 2.75) is 77.6 Å². The van der Waals surface area contributed by atoms with Crippen molar-refractivity contribution >= 4 is 46.3 Å². The lowest BCUT2D eigenvalue weighted by Crippen LogP contribution is -2.07. The van der Waals surface area contributed by atoms with E-state index >= 15 is 0 Å². The number of aromatic nitrogens is 3. The van der Waals surface area contributed by atoms with Crippen molar-refractivity contribution in [2.75, 3.05) is 27.4 Å². The van der Waals surface area contributed by atoms with E-state index in [0.717, 1.165) is 23.5 Å². The molecule has 1 heterocycles. The summed E-state index contributed by atoms with van der Waals surface area (Å²) < 4.78 is 0. The number of aryl methyl sites for hydroxylation is 1. The van der Waals surface area contributed by atoms with Gasteiger partial charge in [0.15, 0.2) is 0 Å². The van der Waals surface area contributed by atoms with Gasteiger partial charge in [0.05, 0.1) is 0 Å². The molecule has 0 radical (unpaired) electrons. The molecule has 4 rings (SSSR count). The number of nitrogens with two attached hydrogens (primary N) is 2. The van der Waals surface area contributed by atoms with Crippen molar-refractivity contribution in [1.29, 1.82) is 0 Å². The van der Waals surface area contributed by atoms with Crippen LogP contribution in [0.2, 0.25) is 0 Å². The zero-order valence-electron chi connectivity index (χ0n) is 24.2. The minimum atomic E-state index is 0.405. The first-order valence-electron chi connectivity index (χ1n) is 14.9. The molecule has 0 aliphatic rings. The zero-order chi connectivity index (χ0) is 28.7. The third kappa shape index (κ3) is 10.6. The predicted octanol–water partition coefficient (Wildman–Crippen LogP) is 8.73. The first-order valence-corrected chi connectivity index (χ1v) is 14.9. The van der Waals surface area contributed by atoms with E-state index in [-0.39, 0.29) is 0 Å². The smallest absolute Gasteiger partial charge is 0.233 e. The lowest BCUT2D eigenvalue weighted by molar-refractivity contribution is 0.556. The van der Waals surface area contributed by atoms with Gasteiger partial charge >= 0.3 is 0 Å². The molecule has 0 aliphatic heterocycles. The van der Waals surface area contributed by atoms with E-state index in [9.17, 15) is 0 Å². The molecular weight excluding hydrogens is 508 g/mol. The highest BCUT2D eigenvalue weighted by Gasteiger charge is 2.09. The maximum Gasteiger partial charge on any atom is 0.233 e. The summed E-state index contributed by atoms with van der Waals surface area (Å²) in [6, 6.07) is 23.3. The van der Waals surface area contributed by atoms with Crippen molar-refractivity contribution in [3.05, 3.63) is 78.4 Å². The van der Waals surface area contributed by atoms with Crippen LogP contribution in [0.5, 0.6) is 0 Å². The molecule has 3 aromatic carbocycles. The molecule has 0 saturated heterocycles. The van der Waals surface area contributed by atoms with Gasteiger partial charge in [0.25, 0.3) is 0 Å². The Balaban J connectivity index is 1.32. The highest BCUT2D eigenvalue weighted by molar-refractivity contribution is 5.63. The van der Waals surface area contributed by atoms with Gasteiger partial charge in [0.1, 0.15) is 0 Å². The topological polar surface area (TPSA) is 127 Å². The number of hydrogen-bond acceptors (Lipinski definition) is 8. The largest absolute Gasteiger partial charge is 0.399 e. The van der Waals surface area contributed by atoms with Crippen LogP contribution in [0.15, 0.2) is 72.8 Å². The van der Waals surface area contributed by atoms with Gasteiger partial charge in [-0.3, -0.25) is 0 Å². The maximum absolute atomic E-state index is 5.83. The Kier molecular flexibility index (Phi) is 11.6. The Morgan fingerprint density at radius 1 is 0.463 bits per heavy atom. The highest BCUT2D eigenvalue weighted by atomic mass is 15.3. The molecule has 0 atom stereocenters. The maximum atomic E-state index is 5.83. The van der Waals surface area contributed by atoms with E-state index in [1.165, 1.54) is 69.8 Å². The Hall–Kier alpha value is -4.33. The molecule has 0 bridgehead atoms. The van der Waals surface area contributed by atoms with Crippen LogP contribution in [0.25, 0.3) is 0 Å². The summed E-state index contributed by atoms with van der Waals surface area (Å²) in [5, 5.41) is 9.80. The molecular formula is C33H44N8. The van der Waals surface area contributed by atoms with Crippen LogP contribution in [0.1, 0.15) is 76.7 Å². The number of anilines is 8. The van der Waals surface area contributed by atoms with Crippen molar-refractivity contribution in [3.63, 3.8) is 0 Å². The minimum absolute atomic E-state index is 0.405. The Morgan fingerprint density at radius 2 is 0.805 bits per heavy atom. The first-order chi connectivity index (χ1) is 20.1. The third-order valence-electron chi connectivity index (χ3n) is 7.00. The Labute approximate surface area is 244 Å². The Bertz CT molecular complexity index is 1240. The second-order valence-electron chi connectivity index (χ2n) is 10.6. The molecule has 41 heavy (non-hydrogen) atoms. The highest BCUT2D eigenvalue weighted by Crippen LogP contribution is 2.23. The molecule has 7 N–H and O–H groups in total. The SMILES string of the molecule is CCCCCCCCCCCCc1ccc(Nc2nc(Nc3ccc(N)cc3)nc(Nc3ccc(N)cc3)n2)cc1. The van der Waals surface area contributed by atoms with Gasteiger partial charge in [0, 0.05) is 28.4 Å². The molecule has 0 saturated carbocycles. The minimum Gasteiger partial charge on any atom is -0.399 e. The summed E-state index contributed by atoms with van der Waals surface area (Å²) in [7, 11) is 0. The van der Waals surface area contributed by atoms with Crippen molar-refractivity contribution < 1.29 is 0 Å². The fraction of sp³-hybridized carbons (Fsp3) is 0.364. The van der Waals surface area contributed by atoms with Crippen LogP contribution >= 0.6 is 0 Å². The zero-order valence-corrected chi connectivity index (χ0v) is 24.2. The lowest BCUT2D eigenvalue weighted by atomic mass is 10.0. The van der Waals surface area contributed by atoms with Gasteiger partial charge in [0.2, 0.25) is 17.8 Å². The van der Waals surface area contributed by atoms with E-state index in [1.54, 1.807) is 0 Å². The summed E-state index contributed by atoms with van der Waals surface area (Å²) >= 11 is 0. The average Bonchev–Trinajstić information content (AvgIpc) is 2.97. The second-order valence-corrected chi connectivity index (χ2v) is 10.6. The fourth-order valence-electron chi connectivity index (χ4n) is 4.64. The summed E-state index contributed by atoms with van der Waals surface area (Å²) in [5.41, 5.74) is 17.0. The normalized spacial score (nSPS) is 10.9. The van der Waals surface area contributed by atoms with Gasteiger partial charge in [-0.25, -0.2) is 0 Å². The molecule has 0 spiro atoms. The van der Waals surface area contributed by atoms with Crippen LogP contribution in [-0.4, -0.2) is 15.0 Å². The third-order valence-corrected chi connectivity index (χ3v) is 7.00. The fourth-order valence-corrected chi connectivity index (χ4v) is 4.64. The van der Waals surface area contributed by atoms with Crippen LogP contribution < -0.4 is 27.4 Å². The number of rotatable bonds is 17. The van der Waals surface area contributed by atoms with Crippen molar-refractivity contribution in [1.82, 2.24) is 15.0 Å². The van der Waals surface area contributed by atoms with E-state index in [2.05, 4.69) is 62.1 Å². The molecule has 0 fully saturated rings. The molecule has 0 amide bonds. The number of nitrogen functional groups attached to an aromatic ring is 2. The second kappa shape index (κ2) is 16.1. The Morgan fingerprint density at radius 3 is 1.20 bits per heavy atom. The number of nitrogens with one attached hydrogen (secondary N) is 3. The predicted molar refractivity (Wildman–Crippen MR) is 173 cm³/mol. The first kappa shape index (κ1) is 29.6. The summed E-state index contributed by atoms with van der Waals surface area (Å²) in [6.45, 7) is 2.27. The van der Waals surface area contributed by atoms with Crippen molar-refractivity contribution in [3.8, 4) is 0 Å². The molecule has 0 aliphatic carbocycles. The van der Waals surface area contributed by atoms with E-state index in [1.807, 2.05) is 48.5 Å². The van der Waals surface area contributed by atoms with E-state index < -0.39 is 0 Å².